The fraction of sp³-hybridized carbons (Fsp3) is 0.739. The van der Waals surface area contributed by atoms with Gasteiger partial charge in [-0.2, -0.15) is 0 Å². The molecule has 1 aliphatic heterocycles. The lowest BCUT2D eigenvalue weighted by atomic mass is 9.44. The molecule has 5 nitrogen and oxygen atoms in total. The lowest BCUT2D eigenvalue weighted by molar-refractivity contribution is -0.295. The molecule has 6 rings (SSSR count). The van der Waals surface area contributed by atoms with Crippen molar-refractivity contribution in [2.24, 2.45) is 33.5 Å². The summed E-state index contributed by atoms with van der Waals surface area (Å²) in [4.78, 5) is 24.8. The monoisotopic (exact) mass is 384 g/mol. The van der Waals surface area contributed by atoms with Crippen LogP contribution in [0.2, 0.25) is 0 Å². The smallest absolute Gasteiger partial charge is 0.190 e. The van der Waals surface area contributed by atoms with Gasteiger partial charge < -0.3 is 14.9 Å². The summed E-state index contributed by atoms with van der Waals surface area (Å²) in [5.41, 5.74) is -0.650. The minimum absolute atomic E-state index is 0.00297. The van der Waals surface area contributed by atoms with Crippen LogP contribution in [0.5, 0.6) is 0 Å². The zero-order valence-corrected chi connectivity index (χ0v) is 16.5. The highest BCUT2D eigenvalue weighted by molar-refractivity contribution is 6.01. The fourth-order valence-electron chi connectivity index (χ4n) is 9.25. The summed E-state index contributed by atoms with van der Waals surface area (Å²) in [6, 6.07) is 0. The van der Waals surface area contributed by atoms with Crippen LogP contribution in [0.15, 0.2) is 23.8 Å². The highest BCUT2D eigenvalue weighted by atomic mass is 16.5. The van der Waals surface area contributed by atoms with Crippen LogP contribution in [-0.2, 0) is 14.3 Å². The Morgan fingerprint density at radius 3 is 2.82 bits per heavy atom. The molecule has 5 aliphatic carbocycles. The zero-order chi connectivity index (χ0) is 19.7. The first-order valence-electron chi connectivity index (χ1n) is 10.6. The zero-order valence-electron chi connectivity index (χ0n) is 16.5. The van der Waals surface area contributed by atoms with Gasteiger partial charge in [-0.05, 0) is 61.5 Å². The number of aliphatic hydroxyl groups is 2. The van der Waals surface area contributed by atoms with Gasteiger partial charge in [0.15, 0.2) is 11.6 Å². The molecule has 150 valence electrons. The second-order valence-corrected chi connectivity index (χ2v) is 10.6. The molecule has 1 saturated heterocycles. The molecule has 6 aliphatic rings. The molecule has 2 N–H and O–H groups in total. The van der Waals surface area contributed by atoms with E-state index in [1.165, 1.54) is 0 Å². The van der Waals surface area contributed by atoms with E-state index in [1.54, 1.807) is 12.2 Å². The third kappa shape index (κ3) is 1.40. The van der Waals surface area contributed by atoms with Gasteiger partial charge in [-0.15, -0.1) is 0 Å². The SMILES string of the molecule is C[C@@H]1C[C@H]2C34CCC5=CC(=O)C=C[C@]5(C)[C@@]3(C4)[C@@H](O)C[C@@]23CO[C@]13C(=O)CO. The van der Waals surface area contributed by atoms with Crippen LogP contribution in [-0.4, -0.2) is 46.7 Å². The van der Waals surface area contributed by atoms with Gasteiger partial charge in [0.25, 0.3) is 0 Å². The second-order valence-electron chi connectivity index (χ2n) is 10.6. The Kier molecular flexibility index (Phi) is 2.95. The summed E-state index contributed by atoms with van der Waals surface area (Å²) in [5.74, 6) is 0.216. The van der Waals surface area contributed by atoms with Gasteiger partial charge >= 0.3 is 0 Å². The van der Waals surface area contributed by atoms with Crippen LogP contribution in [0.4, 0.5) is 0 Å². The van der Waals surface area contributed by atoms with E-state index in [0.29, 0.717) is 18.9 Å². The van der Waals surface area contributed by atoms with Gasteiger partial charge in [-0.1, -0.05) is 25.5 Å². The van der Waals surface area contributed by atoms with Crippen molar-refractivity contribution in [3.8, 4) is 0 Å². The lowest BCUT2D eigenvalue weighted by Crippen LogP contribution is -2.73. The Morgan fingerprint density at radius 2 is 2.14 bits per heavy atom. The Balaban J connectivity index is 1.50. The summed E-state index contributed by atoms with van der Waals surface area (Å²) in [6.45, 7) is 4.29. The van der Waals surface area contributed by atoms with Crippen LogP contribution in [0.25, 0.3) is 0 Å². The van der Waals surface area contributed by atoms with E-state index in [9.17, 15) is 19.8 Å². The molecular weight excluding hydrogens is 356 g/mol. The minimum Gasteiger partial charge on any atom is -0.392 e. The summed E-state index contributed by atoms with van der Waals surface area (Å²) < 4.78 is 6.01. The van der Waals surface area contributed by atoms with Crippen LogP contribution < -0.4 is 0 Å². The number of Topliss-reactive ketones (excluding diaryl/α,β-unsaturated/α-hetero) is 1. The third-order valence-electron chi connectivity index (χ3n) is 10.3. The van der Waals surface area contributed by atoms with Gasteiger partial charge in [0.2, 0.25) is 0 Å². The highest BCUT2D eigenvalue weighted by Gasteiger charge is 2.90. The van der Waals surface area contributed by atoms with Crippen molar-refractivity contribution in [3.05, 3.63) is 23.8 Å². The molecule has 1 unspecified atom stereocenters. The topological polar surface area (TPSA) is 83.8 Å². The molecule has 0 aromatic rings. The molecule has 5 fully saturated rings. The molecule has 0 bridgehead atoms. The molecule has 1 spiro atoms. The average Bonchev–Trinajstić information content (AvgIpc) is 3.34. The number of ether oxygens (including phenoxy) is 1. The fourth-order valence-corrected chi connectivity index (χ4v) is 9.25. The van der Waals surface area contributed by atoms with E-state index in [4.69, 9.17) is 4.74 Å². The number of fused-ring (bicyclic) bond motifs is 1. The molecule has 0 amide bonds. The Hall–Kier alpha value is -1.30. The predicted molar refractivity (Wildman–Crippen MR) is 100 cm³/mol. The van der Waals surface area contributed by atoms with Crippen molar-refractivity contribution in [1.82, 2.24) is 0 Å². The van der Waals surface area contributed by atoms with E-state index in [1.807, 2.05) is 0 Å². The van der Waals surface area contributed by atoms with Gasteiger partial charge in [-0.3, -0.25) is 9.59 Å². The molecule has 28 heavy (non-hydrogen) atoms. The maximum Gasteiger partial charge on any atom is 0.190 e. The van der Waals surface area contributed by atoms with E-state index in [-0.39, 0.29) is 39.1 Å². The predicted octanol–water partition coefficient (Wildman–Crippen LogP) is 1.97. The molecule has 5 heteroatoms. The molecular formula is C23H28O5. The number of aliphatic hydroxyl groups excluding tert-OH is 2. The molecule has 0 aromatic heterocycles. The third-order valence-corrected chi connectivity index (χ3v) is 10.3. The summed E-state index contributed by atoms with van der Waals surface area (Å²) in [7, 11) is 0. The maximum absolute atomic E-state index is 12.9. The number of allylic oxidation sites excluding steroid dienone is 4. The number of hydrogen-bond acceptors (Lipinski definition) is 5. The normalized spacial score (nSPS) is 57.8. The van der Waals surface area contributed by atoms with E-state index < -0.39 is 18.3 Å². The van der Waals surface area contributed by atoms with Crippen molar-refractivity contribution in [1.29, 1.82) is 0 Å². The van der Waals surface area contributed by atoms with Gasteiger partial charge in [0.05, 0.1) is 12.7 Å². The Labute approximate surface area is 164 Å². The number of rotatable bonds is 2. The number of hydrogen-bond donors (Lipinski definition) is 2. The first kappa shape index (κ1) is 17.5. The molecule has 0 radical (unpaired) electrons. The van der Waals surface area contributed by atoms with E-state index in [0.717, 1.165) is 31.3 Å². The van der Waals surface area contributed by atoms with E-state index in [2.05, 4.69) is 19.9 Å². The first-order chi connectivity index (χ1) is 13.2. The van der Waals surface area contributed by atoms with E-state index >= 15 is 0 Å². The summed E-state index contributed by atoms with van der Waals surface area (Å²) in [5, 5.41) is 21.3. The first-order valence-corrected chi connectivity index (χ1v) is 10.6. The van der Waals surface area contributed by atoms with Crippen molar-refractivity contribution >= 4 is 11.6 Å². The minimum atomic E-state index is -0.924. The van der Waals surface area contributed by atoms with Crippen molar-refractivity contribution in [3.63, 3.8) is 0 Å². The standard InChI is InChI=1S/C23H28O5/c1-13-7-16-20-6-3-14-8-15(25)4-5-19(14,2)22(20,11-20)17(26)9-21(16)12-28-23(13,21)18(27)10-24/h4-5,8,13,16-17,24,26H,3,6-7,9-12H2,1-2H3/t13-,16+,17+,19+,20?,21-,22-,23+/m1/s1. The van der Waals surface area contributed by atoms with Crippen molar-refractivity contribution in [2.75, 3.05) is 13.2 Å². The van der Waals surface area contributed by atoms with Gasteiger partial charge in [-0.25, -0.2) is 0 Å². The largest absolute Gasteiger partial charge is 0.392 e. The van der Waals surface area contributed by atoms with Gasteiger partial charge in [0, 0.05) is 16.2 Å². The van der Waals surface area contributed by atoms with Crippen LogP contribution in [0.3, 0.4) is 0 Å². The average molecular weight is 384 g/mol. The van der Waals surface area contributed by atoms with Crippen LogP contribution >= 0.6 is 0 Å². The molecule has 1 heterocycles. The lowest BCUT2D eigenvalue weighted by Gasteiger charge is -2.65. The highest BCUT2D eigenvalue weighted by Crippen LogP contribution is 2.91. The number of carbonyl (C=O) groups excluding carboxylic acids is 2. The van der Waals surface area contributed by atoms with Crippen LogP contribution in [0, 0.1) is 33.5 Å². The Morgan fingerprint density at radius 1 is 1.36 bits per heavy atom. The maximum atomic E-state index is 12.9. The molecule has 4 saturated carbocycles. The quantitative estimate of drug-likeness (QED) is 0.760. The number of carbonyl (C=O) groups is 2. The summed E-state index contributed by atoms with van der Waals surface area (Å²) in [6.07, 6.45) is 9.25. The van der Waals surface area contributed by atoms with Crippen molar-refractivity contribution in [2.45, 2.75) is 57.7 Å². The molecule has 0 aromatic carbocycles. The van der Waals surface area contributed by atoms with Gasteiger partial charge in [0.1, 0.15) is 12.2 Å². The second kappa shape index (κ2) is 4.71. The Bertz CT molecular complexity index is 889. The van der Waals surface area contributed by atoms with Crippen LogP contribution in [0.1, 0.15) is 46.0 Å². The molecule has 8 atom stereocenters. The van der Waals surface area contributed by atoms with Crippen molar-refractivity contribution < 1.29 is 24.5 Å². The number of ketones is 2. The summed E-state index contributed by atoms with van der Waals surface area (Å²) >= 11 is 0.